The van der Waals surface area contributed by atoms with Crippen LogP contribution in [0.2, 0.25) is 0 Å². The highest BCUT2D eigenvalue weighted by Crippen LogP contribution is 2.24. The van der Waals surface area contributed by atoms with Crippen LogP contribution in [0.15, 0.2) is 53.6 Å². The summed E-state index contributed by atoms with van der Waals surface area (Å²) in [5, 5.41) is 5.90. The number of carbonyl (C=O) groups is 1. The Morgan fingerprint density at radius 3 is 2.35 bits per heavy atom. The van der Waals surface area contributed by atoms with Gasteiger partial charge in [-0.1, -0.05) is 12.1 Å². The number of hydrazone groups is 1. The van der Waals surface area contributed by atoms with Crippen LogP contribution in [0.5, 0.6) is 5.75 Å². The standard InChI is InChI=1S/C19H20N4O2S/c1-21(2)15-6-4-14(5-7-15)12-20-23-18(24)13-22(19(23)26)16-8-10-17(25-3)11-9-16/h4-12H,13H2,1-3H3/b20-12-. The fourth-order valence-corrected chi connectivity index (χ4v) is 2.87. The van der Waals surface area contributed by atoms with Gasteiger partial charge in [0.1, 0.15) is 12.3 Å². The molecule has 0 bridgehead atoms. The number of amides is 1. The fourth-order valence-electron chi connectivity index (χ4n) is 2.55. The minimum Gasteiger partial charge on any atom is -0.497 e. The van der Waals surface area contributed by atoms with Gasteiger partial charge < -0.3 is 14.5 Å². The Kier molecular flexibility index (Phi) is 5.18. The highest BCUT2D eigenvalue weighted by molar-refractivity contribution is 7.80. The smallest absolute Gasteiger partial charge is 0.269 e. The first-order valence-electron chi connectivity index (χ1n) is 8.09. The summed E-state index contributed by atoms with van der Waals surface area (Å²) in [5.74, 6) is 0.591. The molecule has 2 aromatic rings. The molecule has 1 saturated heterocycles. The maximum Gasteiger partial charge on any atom is 0.269 e. The van der Waals surface area contributed by atoms with Crippen molar-refractivity contribution in [1.29, 1.82) is 0 Å². The van der Waals surface area contributed by atoms with Crippen molar-refractivity contribution >= 4 is 40.8 Å². The SMILES string of the molecule is COc1ccc(N2CC(=O)N(/N=C\c3ccc(N(C)C)cc3)C2=S)cc1. The lowest BCUT2D eigenvalue weighted by atomic mass is 10.2. The van der Waals surface area contributed by atoms with Gasteiger partial charge in [-0.25, -0.2) is 0 Å². The third-order valence-corrected chi connectivity index (χ3v) is 4.45. The normalized spacial score (nSPS) is 14.4. The summed E-state index contributed by atoms with van der Waals surface area (Å²) in [4.78, 5) is 16.1. The molecule has 0 saturated carbocycles. The van der Waals surface area contributed by atoms with Crippen LogP contribution < -0.4 is 14.5 Å². The van der Waals surface area contributed by atoms with E-state index in [1.807, 2.05) is 67.5 Å². The molecule has 0 aliphatic carbocycles. The summed E-state index contributed by atoms with van der Waals surface area (Å²) in [6, 6.07) is 15.3. The lowest BCUT2D eigenvalue weighted by Crippen LogP contribution is -2.29. The first kappa shape index (κ1) is 17.9. The number of hydrogen-bond donors (Lipinski definition) is 0. The van der Waals surface area contributed by atoms with E-state index in [0.717, 1.165) is 22.7 Å². The van der Waals surface area contributed by atoms with Gasteiger partial charge >= 0.3 is 0 Å². The van der Waals surface area contributed by atoms with Gasteiger partial charge in [-0.15, -0.1) is 0 Å². The average molecular weight is 368 g/mol. The molecule has 0 atom stereocenters. The molecule has 0 spiro atoms. The third kappa shape index (κ3) is 3.67. The van der Waals surface area contributed by atoms with E-state index in [4.69, 9.17) is 17.0 Å². The third-order valence-electron chi connectivity index (χ3n) is 4.06. The molecule has 1 amide bonds. The average Bonchev–Trinajstić information content (AvgIpc) is 2.94. The van der Waals surface area contributed by atoms with Crippen LogP contribution in [0.25, 0.3) is 0 Å². The maximum absolute atomic E-state index is 12.3. The minimum absolute atomic E-state index is 0.160. The van der Waals surface area contributed by atoms with Crippen molar-refractivity contribution in [2.45, 2.75) is 0 Å². The second kappa shape index (κ2) is 7.53. The summed E-state index contributed by atoms with van der Waals surface area (Å²) in [7, 11) is 5.58. The Morgan fingerprint density at radius 2 is 1.77 bits per heavy atom. The van der Waals surface area contributed by atoms with E-state index in [1.54, 1.807) is 18.2 Å². The fraction of sp³-hybridized carbons (Fsp3) is 0.211. The lowest BCUT2D eigenvalue weighted by Gasteiger charge is -2.17. The van der Waals surface area contributed by atoms with Crippen LogP contribution in [0.4, 0.5) is 11.4 Å². The van der Waals surface area contributed by atoms with E-state index in [0.29, 0.717) is 5.11 Å². The lowest BCUT2D eigenvalue weighted by molar-refractivity contribution is -0.124. The van der Waals surface area contributed by atoms with Crippen molar-refractivity contribution < 1.29 is 9.53 Å². The predicted molar refractivity (Wildman–Crippen MR) is 108 cm³/mol. The van der Waals surface area contributed by atoms with Crippen molar-refractivity contribution in [1.82, 2.24) is 5.01 Å². The second-order valence-corrected chi connectivity index (χ2v) is 6.37. The molecule has 1 aliphatic rings. The Hall–Kier alpha value is -2.93. The van der Waals surface area contributed by atoms with Crippen molar-refractivity contribution in [2.75, 3.05) is 37.5 Å². The summed E-state index contributed by atoms with van der Waals surface area (Å²) >= 11 is 5.43. The molecule has 0 N–H and O–H groups in total. The number of carbonyl (C=O) groups excluding carboxylic acids is 1. The van der Waals surface area contributed by atoms with Crippen LogP contribution in [-0.2, 0) is 4.79 Å². The van der Waals surface area contributed by atoms with Crippen molar-refractivity contribution in [3.05, 3.63) is 54.1 Å². The number of anilines is 2. The van der Waals surface area contributed by atoms with Gasteiger partial charge in [0.15, 0.2) is 0 Å². The molecule has 1 heterocycles. The molecule has 2 aromatic carbocycles. The van der Waals surface area contributed by atoms with Gasteiger partial charge in [0, 0.05) is 25.5 Å². The quantitative estimate of drug-likeness (QED) is 0.600. The Labute approximate surface area is 158 Å². The summed E-state index contributed by atoms with van der Waals surface area (Å²) in [6.07, 6.45) is 1.64. The number of benzene rings is 2. The van der Waals surface area contributed by atoms with Crippen molar-refractivity contribution in [3.63, 3.8) is 0 Å². The van der Waals surface area contributed by atoms with Crippen LogP contribution in [-0.4, -0.2) is 50.0 Å². The number of methoxy groups -OCH3 is 1. The highest BCUT2D eigenvalue weighted by Gasteiger charge is 2.33. The van der Waals surface area contributed by atoms with Gasteiger partial charge in [-0.05, 0) is 54.2 Å². The summed E-state index contributed by atoms with van der Waals surface area (Å²) in [6.45, 7) is 0.169. The topological polar surface area (TPSA) is 48.4 Å². The monoisotopic (exact) mass is 368 g/mol. The Morgan fingerprint density at radius 1 is 1.12 bits per heavy atom. The molecule has 0 radical (unpaired) electrons. The van der Waals surface area contributed by atoms with Crippen molar-refractivity contribution in [2.24, 2.45) is 5.10 Å². The van der Waals surface area contributed by atoms with Gasteiger partial charge in [-0.2, -0.15) is 10.1 Å². The zero-order chi connectivity index (χ0) is 18.7. The largest absolute Gasteiger partial charge is 0.497 e. The molecule has 1 fully saturated rings. The van der Waals surface area contributed by atoms with E-state index in [9.17, 15) is 4.79 Å². The molecule has 0 aromatic heterocycles. The molecule has 3 rings (SSSR count). The van der Waals surface area contributed by atoms with Crippen LogP contribution in [0.3, 0.4) is 0 Å². The predicted octanol–water partition coefficient (Wildman–Crippen LogP) is 2.73. The molecular weight excluding hydrogens is 348 g/mol. The number of hydrogen-bond acceptors (Lipinski definition) is 5. The van der Waals surface area contributed by atoms with Crippen molar-refractivity contribution in [3.8, 4) is 5.75 Å². The van der Waals surface area contributed by atoms with Gasteiger partial charge in [-0.3, -0.25) is 4.79 Å². The van der Waals surface area contributed by atoms with Gasteiger partial charge in [0.2, 0.25) is 5.11 Å². The molecule has 7 heteroatoms. The van der Waals surface area contributed by atoms with Crippen LogP contribution in [0.1, 0.15) is 5.56 Å². The van der Waals surface area contributed by atoms with Gasteiger partial charge in [0.05, 0.1) is 13.3 Å². The van der Waals surface area contributed by atoms with E-state index in [-0.39, 0.29) is 12.5 Å². The minimum atomic E-state index is -0.160. The molecule has 0 unspecified atom stereocenters. The van der Waals surface area contributed by atoms with Crippen LogP contribution >= 0.6 is 12.2 Å². The Bertz CT molecular complexity index is 832. The molecule has 6 nitrogen and oxygen atoms in total. The second-order valence-electron chi connectivity index (χ2n) is 6.00. The molecule has 1 aliphatic heterocycles. The summed E-state index contributed by atoms with van der Waals surface area (Å²) in [5.41, 5.74) is 2.83. The van der Waals surface area contributed by atoms with E-state index in [1.165, 1.54) is 5.01 Å². The number of thiocarbonyl (C=S) groups is 1. The number of ether oxygens (including phenoxy) is 1. The first-order chi connectivity index (χ1) is 12.5. The number of nitrogens with zero attached hydrogens (tertiary/aromatic N) is 4. The van der Waals surface area contributed by atoms with E-state index < -0.39 is 0 Å². The first-order valence-corrected chi connectivity index (χ1v) is 8.50. The van der Waals surface area contributed by atoms with E-state index >= 15 is 0 Å². The van der Waals surface area contributed by atoms with E-state index in [2.05, 4.69) is 5.10 Å². The zero-order valence-electron chi connectivity index (χ0n) is 14.9. The maximum atomic E-state index is 12.3. The van der Waals surface area contributed by atoms with Gasteiger partial charge in [0.25, 0.3) is 5.91 Å². The Balaban J connectivity index is 1.74. The summed E-state index contributed by atoms with van der Waals surface area (Å²) < 4.78 is 5.16. The zero-order valence-corrected chi connectivity index (χ0v) is 15.7. The molecular formula is C19H20N4O2S. The highest BCUT2D eigenvalue weighted by atomic mass is 32.1. The molecule has 26 heavy (non-hydrogen) atoms. The number of rotatable bonds is 5. The molecule has 134 valence electrons. The van der Waals surface area contributed by atoms with Crippen LogP contribution in [0, 0.1) is 0 Å².